The molecule has 2 heterocycles. The molecule has 0 bridgehead atoms. The van der Waals surface area contributed by atoms with Crippen LogP contribution in [0.1, 0.15) is 17.5 Å². The lowest BCUT2D eigenvalue weighted by Crippen LogP contribution is -2.52. The molecule has 1 aliphatic heterocycles. The van der Waals surface area contributed by atoms with Gasteiger partial charge in [0.05, 0.1) is 18.8 Å². The fraction of sp³-hybridized carbons (Fsp3) is 0.368. The van der Waals surface area contributed by atoms with E-state index in [1.165, 1.54) is 21.8 Å². The standard InChI is InChI=1S/C19H21N3O3/c1-21-12-15(6-7-17(21)23)20-18(24)22-10-11-25-19(13-22)9-8-14-4-2-3-5-16(14)19/h2-7,12H,8-11,13H2,1H3,(H,20,24). The number of hydrogen-bond donors (Lipinski definition) is 1. The number of nitrogens with one attached hydrogen (secondary N) is 1. The van der Waals surface area contributed by atoms with E-state index in [1.54, 1.807) is 24.2 Å². The Balaban J connectivity index is 1.52. The molecule has 1 fully saturated rings. The minimum atomic E-state index is -0.393. The van der Waals surface area contributed by atoms with Gasteiger partial charge >= 0.3 is 6.03 Å². The van der Waals surface area contributed by atoms with E-state index in [2.05, 4.69) is 17.4 Å². The zero-order chi connectivity index (χ0) is 17.4. The van der Waals surface area contributed by atoms with E-state index in [4.69, 9.17) is 4.74 Å². The Hall–Kier alpha value is -2.60. The Morgan fingerprint density at radius 3 is 2.92 bits per heavy atom. The van der Waals surface area contributed by atoms with Crippen molar-refractivity contribution < 1.29 is 9.53 Å². The van der Waals surface area contributed by atoms with E-state index in [1.807, 2.05) is 12.1 Å². The molecule has 6 nitrogen and oxygen atoms in total. The first-order valence-electron chi connectivity index (χ1n) is 8.52. The molecule has 2 aromatic rings. The van der Waals surface area contributed by atoms with Gasteiger partial charge in [0.1, 0.15) is 5.60 Å². The number of rotatable bonds is 1. The van der Waals surface area contributed by atoms with Gasteiger partial charge in [-0.2, -0.15) is 0 Å². The highest BCUT2D eigenvalue weighted by atomic mass is 16.5. The number of nitrogens with zero attached hydrogens (tertiary/aromatic N) is 2. The average molecular weight is 339 g/mol. The monoisotopic (exact) mass is 339 g/mol. The first-order chi connectivity index (χ1) is 12.1. The van der Waals surface area contributed by atoms with Crippen LogP contribution < -0.4 is 10.9 Å². The predicted octanol–water partition coefficient (Wildman–Crippen LogP) is 2.09. The second-order valence-electron chi connectivity index (χ2n) is 6.72. The molecular weight excluding hydrogens is 318 g/mol. The van der Waals surface area contributed by atoms with Crippen LogP contribution in [0.25, 0.3) is 0 Å². The van der Waals surface area contributed by atoms with E-state index in [9.17, 15) is 9.59 Å². The van der Waals surface area contributed by atoms with Crippen molar-refractivity contribution in [3.63, 3.8) is 0 Å². The summed E-state index contributed by atoms with van der Waals surface area (Å²) in [7, 11) is 1.66. The smallest absolute Gasteiger partial charge is 0.322 e. The predicted molar refractivity (Wildman–Crippen MR) is 94.7 cm³/mol. The molecule has 1 unspecified atom stereocenters. The zero-order valence-electron chi connectivity index (χ0n) is 14.2. The van der Waals surface area contributed by atoms with Gasteiger partial charge in [0.25, 0.3) is 0 Å². The maximum Gasteiger partial charge on any atom is 0.322 e. The van der Waals surface area contributed by atoms with Gasteiger partial charge in [-0.3, -0.25) is 4.79 Å². The summed E-state index contributed by atoms with van der Waals surface area (Å²) in [5.74, 6) is 0. The SMILES string of the molecule is Cn1cc(NC(=O)N2CCOC3(CCc4ccccc43)C2)ccc1=O. The second kappa shape index (κ2) is 6.04. The lowest BCUT2D eigenvalue weighted by atomic mass is 9.94. The number of morpholine rings is 1. The van der Waals surface area contributed by atoms with Gasteiger partial charge in [0.2, 0.25) is 5.56 Å². The molecule has 1 spiro atoms. The molecule has 1 aliphatic carbocycles. The first-order valence-corrected chi connectivity index (χ1v) is 8.52. The van der Waals surface area contributed by atoms with E-state index >= 15 is 0 Å². The molecule has 0 saturated carbocycles. The minimum absolute atomic E-state index is 0.106. The summed E-state index contributed by atoms with van der Waals surface area (Å²) in [5.41, 5.74) is 2.62. The maximum absolute atomic E-state index is 12.7. The third kappa shape index (κ3) is 2.82. The molecule has 1 aromatic heterocycles. The number of benzene rings is 1. The summed E-state index contributed by atoms with van der Waals surface area (Å²) in [6, 6.07) is 11.2. The van der Waals surface area contributed by atoms with Gasteiger partial charge in [-0.15, -0.1) is 0 Å². The third-order valence-electron chi connectivity index (χ3n) is 5.12. The van der Waals surface area contributed by atoms with E-state index < -0.39 is 5.60 Å². The molecule has 6 heteroatoms. The molecule has 1 atom stereocenters. The van der Waals surface area contributed by atoms with Gasteiger partial charge in [-0.1, -0.05) is 24.3 Å². The minimum Gasteiger partial charge on any atom is -0.367 e. The summed E-state index contributed by atoms with van der Waals surface area (Å²) < 4.78 is 7.60. The highest BCUT2D eigenvalue weighted by Crippen LogP contribution is 2.42. The number of amides is 2. The molecule has 2 aliphatic rings. The highest BCUT2D eigenvalue weighted by Gasteiger charge is 2.44. The van der Waals surface area contributed by atoms with Crippen molar-refractivity contribution in [2.24, 2.45) is 7.05 Å². The molecule has 25 heavy (non-hydrogen) atoms. The third-order valence-corrected chi connectivity index (χ3v) is 5.12. The van der Waals surface area contributed by atoms with Crippen LogP contribution in [0.4, 0.5) is 10.5 Å². The van der Waals surface area contributed by atoms with Gasteiger partial charge in [0.15, 0.2) is 0 Å². The van der Waals surface area contributed by atoms with Crippen molar-refractivity contribution in [2.75, 3.05) is 25.0 Å². The number of carbonyl (C=O) groups is 1. The van der Waals surface area contributed by atoms with Crippen LogP contribution in [-0.2, 0) is 23.8 Å². The molecule has 1 aromatic carbocycles. The molecule has 130 valence electrons. The largest absolute Gasteiger partial charge is 0.367 e. The first kappa shape index (κ1) is 15.9. The van der Waals surface area contributed by atoms with Crippen LogP contribution >= 0.6 is 0 Å². The van der Waals surface area contributed by atoms with Crippen molar-refractivity contribution >= 4 is 11.7 Å². The number of fused-ring (bicyclic) bond motifs is 2. The van der Waals surface area contributed by atoms with Crippen molar-refractivity contribution in [1.29, 1.82) is 0 Å². The fourth-order valence-corrected chi connectivity index (χ4v) is 3.80. The normalized spacial score (nSPS) is 22.0. The van der Waals surface area contributed by atoms with Crippen LogP contribution in [0.5, 0.6) is 0 Å². The number of anilines is 1. The number of pyridine rings is 1. The summed E-state index contributed by atoms with van der Waals surface area (Å²) >= 11 is 0. The van der Waals surface area contributed by atoms with Gasteiger partial charge in [-0.25, -0.2) is 4.79 Å². The molecular formula is C19H21N3O3. The molecule has 1 saturated heterocycles. The van der Waals surface area contributed by atoms with Crippen LogP contribution in [0, 0.1) is 0 Å². The van der Waals surface area contributed by atoms with Crippen molar-refractivity contribution in [3.05, 3.63) is 64.1 Å². The Bertz CT molecular complexity index is 872. The Labute approximate surface area is 146 Å². The maximum atomic E-state index is 12.7. The zero-order valence-corrected chi connectivity index (χ0v) is 14.2. The summed E-state index contributed by atoms with van der Waals surface area (Å²) in [5, 5.41) is 2.88. The molecule has 0 radical (unpaired) electrons. The fourth-order valence-electron chi connectivity index (χ4n) is 3.80. The van der Waals surface area contributed by atoms with Crippen LogP contribution in [0.3, 0.4) is 0 Å². The van der Waals surface area contributed by atoms with Gasteiger partial charge in [0, 0.05) is 25.9 Å². The quantitative estimate of drug-likeness (QED) is 0.865. The summed E-state index contributed by atoms with van der Waals surface area (Å²) in [6.45, 7) is 1.62. The van der Waals surface area contributed by atoms with Crippen LogP contribution in [0.15, 0.2) is 47.4 Å². The van der Waals surface area contributed by atoms with Crippen molar-refractivity contribution in [2.45, 2.75) is 18.4 Å². The Morgan fingerprint density at radius 1 is 1.24 bits per heavy atom. The lowest BCUT2D eigenvalue weighted by Gasteiger charge is -2.41. The van der Waals surface area contributed by atoms with E-state index in [-0.39, 0.29) is 11.6 Å². The van der Waals surface area contributed by atoms with Crippen molar-refractivity contribution in [1.82, 2.24) is 9.47 Å². The number of carbonyl (C=O) groups excluding carboxylic acids is 1. The number of hydrogen-bond acceptors (Lipinski definition) is 3. The van der Waals surface area contributed by atoms with Gasteiger partial charge in [-0.05, 0) is 30.0 Å². The lowest BCUT2D eigenvalue weighted by molar-refractivity contribution is -0.100. The molecule has 2 amide bonds. The number of urea groups is 1. The molecule has 4 rings (SSSR count). The van der Waals surface area contributed by atoms with Crippen molar-refractivity contribution in [3.8, 4) is 0 Å². The number of aromatic nitrogens is 1. The van der Waals surface area contributed by atoms with Gasteiger partial charge < -0.3 is 19.5 Å². The summed E-state index contributed by atoms with van der Waals surface area (Å²) in [6.07, 6.45) is 3.50. The van der Waals surface area contributed by atoms with Crippen LogP contribution in [-0.4, -0.2) is 35.2 Å². The Kier molecular flexibility index (Phi) is 3.84. The Morgan fingerprint density at radius 2 is 2.08 bits per heavy atom. The topological polar surface area (TPSA) is 63.6 Å². The highest BCUT2D eigenvalue weighted by molar-refractivity contribution is 5.89. The summed E-state index contributed by atoms with van der Waals surface area (Å²) in [4.78, 5) is 26.0. The number of ether oxygens (including phenoxy) is 1. The average Bonchev–Trinajstić information content (AvgIpc) is 2.97. The van der Waals surface area contributed by atoms with E-state index in [0.717, 1.165) is 12.8 Å². The van der Waals surface area contributed by atoms with E-state index in [0.29, 0.717) is 25.4 Å². The number of aryl methyl sites for hydroxylation is 2. The van der Waals surface area contributed by atoms with Crippen LogP contribution in [0.2, 0.25) is 0 Å². The second-order valence-corrected chi connectivity index (χ2v) is 6.72. The molecule has 1 N–H and O–H groups in total.